The van der Waals surface area contributed by atoms with Gasteiger partial charge >= 0.3 is 6.11 Å². The Labute approximate surface area is 212 Å². The van der Waals surface area contributed by atoms with Crippen LogP contribution in [0.4, 0.5) is 20.2 Å². The number of hydrogen-bond acceptors (Lipinski definition) is 5. The first-order valence-corrected chi connectivity index (χ1v) is 12.3. The lowest BCUT2D eigenvalue weighted by Gasteiger charge is -2.37. The SMILES string of the molecule is C=C1N(CCCCC)c2cc(C)ccc2OC1(F)F.COCCCN1C(=O)COc2ccc(C)cc21. The number of aryl methyl sites for hydroxylation is 2. The normalized spacial score (nSPS) is 15.8. The van der Waals surface area contributed by atoms with Crippen LogP contribution in [0.25, 0.3) is 0 Å². The van der Waals surface area contributed by atoms with Crippen molar-refractivity contribution in [3.8, 4) is 11.5 Å². The maximum Gasteiger partial charge on any atom is 0.441 e. The first kappa shape index (κ1) is 27.5. The van der Waals surface area contributed by atoms with Gasteiger partial charge in [-0.05, 0) is 62.1 Å². The molecule has 36 heavy (non-hydrogen) atoms. The molecule has 0 saturated carbocycles. The molecule has 0 aromatic heterocycles. The summed E-state index contributed by atoms with van der Waals surface area (Å²) in [6, 6.07) is 11.1. The number of amides is 1. The molecule has 2 heterocycles. The number of nitrogens with zero attached hydrogens (tertiary/aromatic N) is 2. The number of carbonyl (C=O) groups is 1. The molecule has 1 amide bonds. The fourth-order valence-corrected chi connectivity index (χ4v) is 4.12. The Morgan fingerprint density at radius 3 is 2.22 bits per heavy atom. The maximum atomic E-state index is 13.8. The Bertz CT molecular complexity index is 1070. The Kier molecular flexibility index (Phi) is 9.31. The lowest BCUT2D eigenvalue weighted by Crippen LogP contribution is -2.42. The summed E-state index contributed by atoms with van der Waals surface area (Å²) in [4.78, 5) is 15.2. The predicted molar refractivity (Wildman–Crippen MR) is 138 cm³/mol. The van der Waals surface area contributed by atoms with Gasteiger partial charge in [-0.1, -0.05) is 38.5 Å². The Hall–Kier alpha value is -3.13. The first-order valence-electron chi connectivity index (χ1n) is 12.3. The Morgan fingerprint density at radius 2 is 1.58 bits per heavy atom. The number of benzene rings is 2. The minimum Gasteiger partial charge on any atom is -0.482 e. The molecule has 0 fully saturated rings. The van der Waals surface area contributed by atoms with Gasteiger partial charge in [0, 0.05) is 26.8 Å². The number of fused-ring (bicyclic) bond motifs is 2. The van der Waals surface area contributed by atoms with Crippen LogP contribution < -0.4 is 19.3 Å². The van der Waals surface area contributed by atoms with Gasteiger partial charge < -0.3 is 24.0 Å². The van der Waals surface area contributed by atoms with E-state index in [1.807, 2.05) is 38.1 Å². The number of ether oxygens (including phenoxy) is 3. The second-order valence-corrected chi connectivity index (χ2v) is 9.05. The van der Waals surface area contributed by atoms with Crippen LogP contribution >= 0.6 is 0 Å². The zero-order chi connectivity index (χ0) is 26.3. The smallest absolute Gasteiger partial charge is 0.441 e. The number of halogens is 2. The molecule has 0 unspecified atom stereocenters. The zero-order valence-electron chi connectivity index (χ0n) is 21.6. The zero-order valence-corrected chi connectivity index (χ0v) is 21.6. The van der Waals surface area contributed by atoms with Crippen molar-refractivity contribution >= 4 is 17.3 Å². The second kappa shape index (κ2) is 12.2. The summed E-state index contributed by atoms with van der Waals surface area (Å²) in [6.07, 6.45) is 0.425. The number of anilines is 2. The van der Waals surface area contributed by atoms with E-state index in [-0.39, 0.29) is 24.0 Å². The lowest BCUT2D eigenvalue weighted by atomic mass is 10.1. The molecule has 2 aliphatic heterocycles. The van der Waals surface area contributed by atoms with Gasteiger partial charge in [0.1, 0.15) is 11.4 Å². The van der Waals surface area contributed by atoms with Gasteiger partial charge in [0.25, 0.3) is 5.91 Å². The molecule has 8 heteroatoms. The predicted octanol–water partition coefficient (Wildman–Crippen LogP) is 6.25. The number of methoxy groups -OCH3 is 1. The molecular formula is C28H36F2N2O4. The van der Waals surface area contributed by atoms with E-state index >= 15 is 0 Å². The average molecular weight is 503 g/mol. The number of alkyl halides is 2. The third-order valence-corrected chi connectivity index (χ3v) is 6.08. The molecule has 0 bridgehead atoms. The van der Waals surface area contributed by atoms with E-state index in [0.717, 1.165) is 48.2 Å². The molecule has 0 N–H and O–H groups in total. The number of rotatable bonds is 8. The monoisotopic (exact) mass is 502 g/mol. The van der Waals surface area contributed by atoms with E-state index in [0.29, 0.717) is 25.4 Å². The summed E-state index contributed by atoms with van der Waals surface area (Å²) in [5.41, 5.74) is 3.42. The third kappa shape index (κ3) is 6.55. The number of hydrogen-bond donors (Lipinski definition) is 0. The van der Waals surface area contributed by atoms with Crippen molar-refractivity contribution in [2.24, 2.45) is 0 Å². The highest BCUT2D eigenvalue weighted by atomic mass is 19.3. The van der Waals surface area contributed by atoms with Crippen molar-refractivity contribution in [2.75, 3.05) is 43.2 Å². The summed E-state index contributed by atoms with van der Waals surface area (Å²) < 4.78 is 42.7. The topological polar surface area (TPSA) is 51.2 Å². The van der Waals surface area contributed by atoms with Crippen molar-refractivity contribution < 1.29 is 27.8 Å². The van der Waals surface area contributed by atoms with Crippen molar-refractivity contribution in [3.63, 3.8) is 0 Å². The molecular weight excluding hydrogens is 466 g/mol. The molecule has 2 aliphatic rings. The third-order valence-electron chi connectivity index (χ3n) is 6.08. The average Bonchev–Trinajstić information content (AvgIpc) is 2.84. The van der Waals surface area contributed by atoms with Crippen molar-refractivity contribution in [1.82, 2.24) is 0 Å². The van der Waals surface area contributed by atoms with Crippen molar-refractivity contribution in [3.05, 3.63) is 59.8 Å². The molecule has 196 valence electrons. The number of unbranched alkanes of at least 4 members (excludes halogenated alkanes) is 2. The molecule has 2 aromatic rings. The molecule has 0 saturated heterocycles. The van der Waals surface area contributed by atoms with Crippen LogP contribution in [-0.4, -0.2) is 45.4 Å². The number of carbonyl (C=O) groups excluding carboxylic acids is 1. The van der Waals surface area contributed by atoms with Crippen LogP contribution in [0.2, 0.25) is 0 Å². The van der Waals surface area contributed by atoms with E-state index in [9.17, 15) is 13.6 Å². The van der Waals surface area contributed by atoms with Gasteiger partial charge in [-0.3, -0.25) is 4.79 Å². The standard InChI is InChI=1S/C15H19F2NO.C13H17NO3/c1-4-5-6-9-18-12(3)15(16,17)19-14-8-7-11(2)10-13(14)18;1-10-4-5-12-11(8-10)14(6-3-7-16-2)13(15)9-17-12/h7-8,10H,3-6,9H2,1-2H3;4-5,8H,3,6-7,9H2,1-2H3. The van der Waals surface area contributed by atoms with Crippen LogP contribution in [0.15, 0.2) is 48.7 Å². The summed E-state index contributed by atoms with van der Waals surface area (Å²) in [7, 11) is 1.67. The van der Waals surface area contributed by atoms with Crippen LogP contribution in [0.1, 0.15) is 43.7 Å². The van der Waals surface area contributed by atoms with Crippen LogP contribution in [-0.2, 0) is 9.53 Å². The van der Waals surface area contributed by atoms with Crippen LogP contribution in [0.5, 0.6) is 11.5 Å². The van der Waals surface area contributed by atoms with Gasteiger partial charge in [0.05, 0.1) is 11.4 Å². The van der Waals surface area contributed by atoms with E-state index in [4.69, 9.17) is 14.2 Å². The highest BCUT2D eigenvalue weighted by Gasteiger charge is 2.44. The van der Waals surface area contributed by atoms with Gasteiger partial charge in [-0.25, -0.2) is 0 Å². The summed E-state index contributed by atoms with van der Waals surface area (Å²) in [5, 5.41) is 0. The van der Waals surface area contributed by atoms with Gasteiger partial charge in [-0.15, -0.1) is 0 Å². The van der Waals surface area contributed by atoms with Crippen molar-refractivity contribution in [2.45, 2.75) is 52.6 Å². The van der Waals surface area contributed by atoms with Gasteiger partial charge in [-0.2, -0.15) is 8.78 Å². The molecule has 4 rings (SSSR count). The Morgan fingerprint density at radius 1 is 0.972 bits per heavy atom. The highest BCUT2D eigenvalue weighted by Crippen LogP contribution is 2.44. The molecule has 0 spiro atoms. The fraction of sp³-hybridized carbons (Fsp3) is 0.464. The first-order chi connectivity index (χ1) is 17.2. The van der Waals surface area contributed by atoms with Crippen LogP contribution in [0, 0.1) is 13.8 Å². The Balaban J connectivity index is 0.000000202. The molecule has 2 aromatic carbocycles. The van der Waals surface area contributed by atoms with Gasteiger partial charge in [0.15, 0.2) is 12.4 Å². The van der Waals surface area contributed by atoms with Crippen LogP contribution in [0.3, 0.4) is 0 Å². The quantitative estimate of drug-likeness (QED) is 0.400. The molecule has 0 aliphatic carbocycles. The second-order valence-electron chi connectivity index (χ2n) is 9.05. The van der Waals surface area contributed by atoms with E-state index in [1.54, 1.807) is 29.0 Å². The van der Waals surface area contributed by atoms with E-state index in [1.165, 1.54) is 0 Å². The minimum atomic E-state index is -3.32. The summed E-state index contributed by atoms with van der Waals surface area (Å²) in [6.45, 7) is 11.5. The minimum absolute atomic E-state index is 0.0132. The summed E-state index contributed by atoms with van der Waals surface area (Å²) in [5.74, 6) is 1.02. The van der Waals surface area contributed by atoms with E-state index < -0.39 is 6.11 Å². The van der Waals surface area contributed by atoms with Crippen molar-refractivity contribution in [1.29, 1.82) is 0 Å². The van der Waals surface area contributed by atoms with E-state index in [2.05, 4.69) is 13.5 Å². The summed E-state index contributed by atoms with van der Waals surface area (Å²) >= 11 is 0. The molecule has 0 radical (unpaired) electrons. The largest absolute Gasteiger partial charge is 0.482 e. The van der Waals surface area contributed by atoms with Gasteiger partial charge in [0.2, 0.25) is 0 Å². The fourth-order valence-electron chi connectivity index (χ4n) is 4.12. The molecule has 0 atom stereocenters. The highest BCUT2D eigenvalue weighted by molar-refractivity contribution is 5.97. The maximum absolute atomic E-state index is 13.8. The lowest BCUT2D eigenvalue weighted by molar-refractivity contribution is -0.147. The molecule has 6 nitrogen and oxygen atoms in total.